The largest absolute Gasteiger partial charge is 0.378 e. The summed E-state index contributed by atoms with van der Waals surface area (Å²) in [5.74, 6) is 0.314. The van der Waals surface area contributed by atoms with Crippen LogP contribution >= 0.6 is 0 Å². The minimum atomic E-state index is -0.158. The molecule has 1 aromatic carbocycles. The van der Waals surface area contributed by atoms with E-state index in [1.54, 1.807) is 0 Å². The molecule has 0 saturated carbocycles. The minimum Gasteiger partial charge on any atom is -0.378 e. The van der Waals surface area contributed by atoms with E-state index < -0.39 is 0 Å². The second-order valence-corrected chi connectivity index (χ2v) is 9.65. The van der Waals surface area contributed by atoms with Crippen LogP contribution in [-0.2, 0) is 27.9 Å². The van der Waals surface area contributed by atoms with Crippen LogP contribution in [0.15, 0.2) is 30.5 Å². The van der Waals surface area contributed by atoms with Gasteiger partial charge in [-0.05, 0) is 31.5 Å². The number of amides is 2. The number of ether oxygens (including phenoxy) is 1. The molecule has 3 atom stereocenters. The third kappa shape index (κ3) is 4.39. The van der Waals surface area contributed by atoms with E-state index in [0.29, 0.717) is 39.3 Å². The summed E-state index contributed by atoms with van der Waals surface area (Å²) in [4.78, 5) is 32.4. The van der Waals surface area contributed by atoms with Gasteiger partial charge in [-0.1, -0.05) is 18.2 Å². The highest BCUT2D eigenvalue weighted by Crippen LogP contribution is 2.30. The molecule has 3 unspecified atom stereocenters. The maximum Gasteiger partial charge on any atom is 0.239 e. The van der Waals surface area contributed by atoms with E-state index in [0.717, 1.165) is 25.9 Å². The molecule has 3 saturated heterocycles. The minimum absolute atomic E-state index is 0.117. The average Bonchev–Trinajstić information content (AvgIpc) is 3.37. The van der Waals surface area contributed by atoms with Gasteiger partial charge < -0.3 is 19.5 Å². The second kappa shape index (κ2) is 9.44. The number of para-hydroxylation sites is 1. The van der Waals surface area contributed by atoms with Gasteiger partial charge in [-0.25, -0.2) is 0 Å². The van der Waals surface area contributed by atoms with Crippen LogP contribution < -0.4 is 5.32 Å². The van der Waals surface area contributed by atoms with Gasteiger partial charge in [0, 0.05) is 75.4 Å². The second-order valence-electron chi connectivity index (χ2n) is 9.65. The molecule has 0 bridgehead atoms. The number of carbonyl (C=O) groups excluding carboxylic acids is 2. The van der Waals surface area contributed by atoms with E-state index >= 15 is 0 Å². The Balaban J connectivity index is 1.26. The van der Waals surface area contributed by atoms with Crippen LogP contribution in [0.3, 0.4) is 0 Å². The zero-order chi connectivity index (χ0) is 22.9. The fraction of sp³-hybridized carbons (Fsp3) is 0.600. The number of rotatable bonds is 5. The van der Waals surface area contributed by atoms with E-state index in [4.69, 9.17) is 4.74 Å². The van der Waals surface area contributed by atoms with Gasteiger partial charge in [0.1, 0.15) is 6.04 Å². The van der Waals surface area contributed by atoms with Crippen LogP contribution in [0, 0.1) is 0 Å². The lowest BCUT2D eigenvalue weighted by Gasteiger charge is -2.33. The lowest BCUT2D eigenvalue weighted by molar-refractivity contribution is -0.135. The number of fused-ring (bicyclic) bond motifs is 2. The van der Waals surface area contributed by atoms with Crippen molar-refractivity contribution in [1.29, 1.82) is 0 Å². The van der Waals surface area contributed by atoms with Gasteiger partial charge in [0.25, 0.3) is 0 Å². The lowest BCUT2D eigenvalue weighted by atomic mass is 10.0. The monoisotopic (exact) mass is 453 g/mol. The van der Waals surface area contributed by atoms with Crippen LogP contribution in [0.1, 0.15) is 24.8 Å². The quantitative estimate of drug-likeness (QED) is 0.737. The Morgan fingerprint density at radius 1 is 1.15 bits per heavy atom. The number of hydrogen-bond acceptors (Lipinski definition) is 5. The molecule has 8 nitrogen and oxygen atoms in total. The summed E-state index contributed by atoms with van der Waals surface area (Å²) >= 11 is 0. The van der Waals surface area contributed by atoms with Crippen molar-refractivity contribution in [2.45, 2.75) is 43.9 Å². The molecule has 1 aromatic heterocycles. The fourth-order valence-electron chi connectivity index (χ4n) is 5.86. The topological polar surface area (TPSA) is 70.1 Å². The van der Waals surface area contributed by atoms with Crippen LogP contribution in [0.25, 0.3) is 10.9 Å². The van der Waals surface area contributed by atoms with Crippen LogP contribution in [-0.4, -0.2) is 95.6 Å². The Morgan fingerprint density at radius 3 is 2.76 bits per heavy atom. The van der Waals surface area contributed by atoms with Crippen LogP contribution in [0.4, 0.5) is 0 Å². The molecule has 5 rings (SSSR count). The first-order chi connectivity index (χ1) is 16.0. The molecule has 0 aliphatic carbocycles. The number of nitrogens with one attached hydrogen (secondary N) is 1. The Bertz CT molecular complexity index is 1010. The number of aromatic nitrogens is 1. The van der Waals surface area contributed by atoms with Crippen molar-refractivity contribution in [2.75, 3.05) is 46.4 Å². The molecule has 178 valence electrons. The van der Waals surface area contributed by atoms with E-state index in [2.05, 4.69) is 64.2 Å². The van der Waals surface area contributed by atoms with Crippen molar-refractivity contribution in [1.82, 2.24) is 24.6 Å². The summed E-state index contributed by atoms with van der Waals surface area (Å²) in [5.41, 5.74) is 2.48. The molecule has 3 aliphatic heterocycles. The predicted octanol–water partition coefficient (Wildman–Crippen LogP) is 1.19. The van der Waals surface area contributed by atoms with Gasteiger partial charge >= 0.3 is 0 Å². The number of nitrogens with zero attached hydrogens (tertiary/aromatic N) is 4. The molecule has 33 heavy (non-hydrogen) atoms. The Kier molecular flexibility index (Phi) is 6.40. The van der Waals surface area contributed by atoms with Gasteiger partial charge in [-0.3, -0.25) is 19.4 Å². The number of hydrogen-bond donors (Lipinski definition) is 1. The Morgan fingerprint density at radius 2 is 1.94 bits per heavy atom. The van der Waals surface area contributed by atoms with Crippen molar-refractivity contribution in [3.05, 3.63) is 36.0 Å². The van der Waals surface area contributed by atoms with E-state index in [9.17, 15) is 9.59 Å². The molecule has 2 aromatic rings. The molecule has 0 radical (unpaired) electrons. The number of morpholine rings is 1. The number of benzene rings is 1. The van der Waals surface area contributed by atoms with Crippen molar-refractivity contribution in [3.63, 3.8) is 0 Å². The Labute approximate surface area is 195 Å². The molecule has 1 N–H and O–H groups in total. The van der Waals surface area contributed by atoms with Gasteiger partial charge in [-0.15, -0.1) is 0 Å². The first-order valence-corrected chi connectivity index (χ1v) is 12.1. The molecular formula is C25H35N5O3. The zero-order valence-electron chi connectivity index (χ0n) is 19.7. The zero-order valence-corrected chi connectivity index (χ0v) is 19.7. The average molecular weight is 454 g/mol. The molecule has 3 aliphatic rings. The summed E-state index contributed by atoms with van der Waals surface area (Å²) in [7, 11) is 4.21. The molecule has 8 heteroatoms. The fourth-order valence-corrected chi connectivity index (χ4v) is 5.86. The van der Waals surface area contributed by atoms with E-state index in [-0.39, 0.29) is 29.9 Å². The summed E-state index contributed by atoms with van der Waals surface area (Å²) in [5, 5.41) is 4.44. The number of likely N-dealkylation sites (N-methyl/N-ethyl adjacent to an activating group) is 1. The summed E-state index contributed by atoms with van der Waals surface area (Å²) in [6.45, 7) is 4.89. The maximum atomic E-state index is 13.2. The summed E-state index contributed by atoms with van der Waals surface area (Å²) in [6, 6.07) is 8.63. The standard InChI is InChI=1S/C25H35N5O3/c1-27-16-18(20-5-3-4-6-21(20)27)17-30-10-9-22-24(30)25(32)26-15-19(28(22)2)7-8-23(31)29-11-13-33-14-12-29/h3-6,16,19,22,24H,7-15,17H2,1-2H3,(H,26,32). The first-order valence-electron chi connectivity index (χ1n) is 12.1. The summed E-state index contributed by atoms with van der Waals surface area (Å²) in [6.07, 6.45) is 4.44. The Hall–Kier alpha value is -2.42. The third-order valence-electron chi connectivity index (χ3n) is 7.76. The van der Waals surface area contributed by atoms with Crippen molar-refractivity contribution in [2.24, 2.45) is 7.05 Å². The maximum absolute atomic E-state index is 13.2. The molecule has 2 amide bonds. The van der Waals surface area contributed by atoms with Crippen molar-refractivity contribution >= 4 is 22.7 Å². The van der Waals surface area contributed by atoms with Gasteiger partial charge in [-0.2, -0.15) is 0 Å². The normalized spacial score (nSPS) is 26.9. The van der Waals surface area contributed by atoms with Crippen molar-refractivity contribution in [3.8, 4) is 0 Å². The van der Waals surface area contributed by atoms with Gasteiger partial charge in [0.2, 0.25) is 11.8 Å². The number of likely N-dealkylation sites (tertiary alicyclic amines) is 1. The number of aryl methyl sites for hydroxylation is 1. The van der Waals surface area contributed by atoms with E-state index in [1.165, 1.54) is 16.5 Å². The first kappa shape index (κ1) is 22.4. The molecular weight excluding hydrogens is 418 g/mol. The van der Waals surface area contributed by atoms with Crippen LogP contribution in [0.5, 0.6) is 0 Å². The predicted molar refractivity (Wildman–Crippen MR) is 127 cm³/mol. The number of carbonyl (C=O) groups is 2. The van der Waals surface area contributed by atoms with Crippen molar-refractivity contribution < 1.29 is 14.3 Å². The smallest absolute Gasteiger partial charge is 0.239 e. The molecule has 4 heterocycles. The highest BCUT2D eigenvalue weighted by Gasteiger charge is 2.45. The summed E-state index contributed by atoms with van der Waals surface area (Å²) < 4.78 is 7.52. The highest BCUT2D eigenvalue weighted by molar-refractivity contribution is 5.85. The highest BCUT2D eigenvalue weighted by atomic mass is 16.5. The SMILES string of the molecule is CN1C(CCC(=O)N2CCOCC2)CNC(=O)C2C1CCN2Cc1cn(C)c2ccccc12. The molecule has 0 spiro atoms. The van der Waals surface area contributed by atoms with Gasteiger partial charge in [0.05, 0.1) is 13.2 Å². The lowest BCUT2D eigenvalue weighted by Crippen LogP contribution is -2.49. The molecule has 3 fully saturated rings. The van der Waals surface area contributed by atoms with Gasteiger partial charge in [0.15, 0.2) is 0 Å². The third-order valence-corrected chi connectivity index (χ3v) is 7.76. The van der Waals surface area contributed by atoms with E-state index in [1.807, 2.05) is 4.90 Å². The van der Waals surface area contributed by atoms with Crippen LogP contribution in [0.2, 0.25) is 0 Å².